The Bertz CT molecular complexity index is 921. The smallest absolute Gasteiger partial charge is 0.142 e. The third-order valence-corrected chi connectivity index (χ3v) is 5.09. The van der Waals surface area contributed by atoms with E-state index in [9.17, 15) is 8.78 Å². The molecule has 0 unspecified atom stereocenters. The van der Waals surface area contributed by atoms with Crippen molar-refractivity contribution in [3.63, 3.8) is 0 Å². The molecule has 6 heteroatoms. The fraction of sp³-hybridized carbons (Fsp3) is 0.423. The molecule has 0 aliphatic heterocycles. The number of rotatable bonds is 12. The summed E-state index contributed by atoms with van der Waals surface area (Å²) in [6, 6.07) is 2.17. The van der Waals surface area contributed by atoms with Crippen LogP contribution in [0.5, 0.6) is 0 Å². The average molecular weight is 462 g/mol. The number of aliphatic imine (C=N–C) groups is 1. The molecule has 0 atom stereocenters. The van der Waals surface area contributed by atoms with Crippen LogP contribution in [0.1, 0.15) is 58.9 Å². The summed E-state index contributed by atoms with van der Waals surface area (Å²) in [5, 5.41) is 6.35. The highest BCUT2D eigenvalue weighted by atomic mass is 35.5. The highest BCUT2D eigenvalue weighted by molar-refractivity contribution is 6.31. The Morgan fingerprint density at radius 1 is 1.12 bits per heavy atom. The molecule has 1 aromatic rings. The maximum Gasteiger partial charge on any atom is 0.142 e. The van der Waals surface area contributed by atoms with Gasteiger partial charge in [0.25, 0.3) is 0 Å². The second kappa shape index (κ2) is 15.3. The molecule has 0 aromatic heterocycles. The standard InChI is InChI=1S/C26H34ClF2N3/c1-6-16-30-18-19(3)12-13-22(7-2)32-21(5)20(4)31-17-10-8-9-11-23-24(28)14-15-25(29)26(23)27/h7,14-15,18,30-31H,4,6,8-11,16-17H2,1-3,5H3/b19-18+,22-7-,32-21-. The summed E-state index contributed by atoms with van der Waals surface area (Å²) in [5.41, 5.74) is 3.39. The number of allylic oxidation sites excluding steroid dienone is 4. The van der Waals surface area contributed by atoms with Crippen LogP contribution in [0.3, 0.4) is 0 Å². The Kier molecular flexibility index (Phi) is 13.1. The zero-order valence-corrected chi connectivity index (χ0v) is 20.3. The van der Waals surface area contributed by atoms with Crippen molar-refractivity contribution in [2.45, 2.75) is 59.8 Å². The van der Waals surface area contributed by atoms with Gasteiger partial charge in [-0.15, -0.1) is 0 Å². The molecule has 1 aromatic carbocycles. The lowest BCUT2D eigenvalue weighted by atomic mass is 10.1. The Labute approximate surface area is 196 Å². The summed E-state index contributed by atoms with van der Waals surface area (Å²) in [6.07, 6.45) is 7.70. The lowest BCUT2D eigenvalue weighted by Gasteiger charge is -2.10. The molecule has 32 heavy (non-hydrogen) atoms. The second-order valence-corrected chi connectivity index (χ2v) is 7.82. The zero-order valence-electron chi connectivity index (χ0n) is 19.5. The molecule has 2 N–H and O–H groups in total. The number of nitrogens with zero attached hydrogens (tertiary/aromatic N) is 1. The van der Waals surface area contributed by atoms with E-state index in [0.29, 0.717) is 18.7 Å². The van der Waals surface area contributed by atoms with Gasteiger partial charge in [-0.1, -0.05) is 43.5 Å². The fourth-order valence-electron chi connectivity index (χ4n) is 2.75. The van der Waals surface area contributed by atoms with E-state index in [-0.39, 0.29) is 10.6 Å². The third kappa shape index (κ3) is 10.2. The van der Waals surface area contributed by atoms with Crippen LogP contribution in [-0.2, 0) is 6.42 Å². The predicted molar refractivity (Wildman–Crippen MR) is 133 cm³/mol. The van der Waals surface area contributed by atoms with Gasteiger partial charge < -0.3 is 10.6 Å². The fourth-order valence-corrected chi connectivity index (χ4v) is 3.00. The van der Waals surface area contributed by atoms with Gasteiger partial charge >= 0.3 is 0 Å². The summed E-state index contributed by atoms with van der Waals surface area (Å²) in [7, 11) is 0. The molecule has 0 bridgehead atoms. The van der Waals surface area contributed by atoms with E-state index in [1.165, 1.54) is 0 Å². The van der Waals surface area contributed by atoms with Crippen molar-refractivity contribution in [1.82, 2.24) is 10.6 Å². The highest BCUT2D eigenvalue weighted by Crippen LogP contribution is 2.24. The topological polar surface area (TPSA) is 36.4 Å². The molecule has 0 saturated heterocycles. The molecule has 0 spiro atoms. The number of halogens is 3. The van der Waals surface area contributed by atoms with E-state index in [0.717, 1.165) is 61.3 Å². The summed E-state index contributed by atoms with van der Waals surface area (Å²) < 4.78 is 27.3. The summed E-state index contributed by atoms with van der Waals surface area (Å²) >= 11 is 5.86. The normalized spacial score (nSPS) is 12.3. The Morgan fingerprint density at radius 2 is 1.84 bits per heavy atom. The van der Waals surface area contributed by atoms with Crippen LogP contribution in [0.25, 0.3) is 0 Å². The maximum atomic E-state index is 13.8. The first-order chi connectivity index (χ1) is 15.3. The van der Waals surface area contributed by atoms with E-state index in [2.05, 4.69) is 41.0 Å². The van der Waals surface area contributed by atoms with Gasteiger partial charge in [0.2, 0.25) is 0 Å². The van der Waals surface area contributed by atoms with Crippen molar-refractivity contribution in [3.8, 4) is 11.8 Å². The Balaban J connectivity index is 2.44. The van der Waals surface area contributed by atoms with Crippen LogP contribution in [0.15, 0.2) is 52.9 Å². The minimum atomic E-state index is -0.583. The van der Waals surface area contributed by atoms with Gasteiger partial charge in [0.15, 0.2) is 0 Å². The molecule has 1 rings (SSSR count). The third-order valence-electron chi connectivity index (χ3n) is 4.68. The molecule has 0 aliphatic rings. The molecular weight excluding hydrogens is 428 g/mol. The summed E-state index contributed by atoms with van der Waals surface area (Å²) in [5.74, 6) is 5.12. The van der Waals surface area contributed by atoms with Crippen LogP contribution < -0.4 is 10.6 Å². The van der Waals surface area contributed by atoms with Crippen molar-refractivity contribution >= 4 is 17.3 Å². The SMILES string of the molecule is C=C(NCCCCCc1c(F)ccc(F)c1Cl)/C(C)=N\C(C#C/C(C)=C/NCCC)=C/C. The van der Waals surface area contributed by atoms with E-state index < -0.39 is 11.6 Å². The molecule has 0 amide bonds. The molecule has 174 valence electrons. The van der Waals surface area contributed by atoms with Crippen molar-refractivity contribution in [2.24, 2.45) is 4.99 Å². The predicted octanol–water partition coefficient (Wildman–Crippen LogP) is 6.71. The van der Waals surface area contributed by atoms with Crippen LogP contribution in [0.2, 0.25) is 5.02 Å². The Morgan fingerprint density at radius 3 is 2.53 bits per heavy atom. The maximum absolute atomic E-state index is 13.8. The lowest BCUT2D eigenvalue weighted by Crippen LogP contribution is -2.19. The average Bonchev–Trinajstić information content (AvgIpc) is 2.77. The Hall–Kier alpha value is -2.58. The number of nitrogens with one attached hydrogen (secondary N) is 2. The number of benzene rings is 1. The highest BCUT2D eigenvalue weighted by Gasteiger charge is 2.11. The van der Waals surface area contributed by atoms with Crippen molar-refractivity contribution < 1.29 is 8.78 Å². The molecular formula is C26H34ClF2N3. The molecule has 0 fully saturated rings. The molecule has 0 heterocycles. The van der Waals surface area contributed by atoms with E-state index in [4.69, 9.17) is 11.6 Å². The van der Waals surface area contributed by atoms with Gasteiger partial charge in [-0.3, -0.25) is 0 Å². The van der Waals surface area contributed by atoms with Gasteiger partial charge in [-0.2, -0.15) is 0 Å². The summed E-state index contributed by atoms with van der Waals surface area (Å²) in [4.78, 5) is 4.55. The van der Waals surface area contributed by atoms with E-state index in [1.54, 1.807) is 0 Å². The molecule has 0 aliphatic carbocycles. The minimum absolute atomic E-state index is 0.117. The van der Waals surface area contributed by atoms with Gasteiger partial charge in [0.05, 0.1) is 10.7 Å². The number of unbranched alkanes of at least 4 members (excludes halogenated alkanes) is 2. The van der Waals surface area contributed by atoms with Gasteiger partial charge in [0, 0.05) is 36.1 Å². The van der Waals surface area contributed by atoms with Crippen LogP contribution in [0, 0.1) is 23.5 Å². The number of hydrogen-bond acceptors (Lipinski definition) is 3. The van der Waals surface area contributed by atoms with E-state index >= 15 is 0 Å². The molecule has 0 radical (unpaired) electrons. The largest absolute Gasteiger partial charge is 0.390 e. The lowest BCUT2D eigenvalue weighted by molar-refractivity contribution is 0.573. The minimum Gasteiger partial charge on any atom is -0.390 e. The van der Waals surface area contributed by atoms with Crippen LogP contribution >= 0.6 is 11.6 Å². The first-order valence-corrected chi connectivity index (χ1v) is 11.4. The van der Waals surface area contributed by atoms with Crippen molar-refractivity contribution in [1.29, 1.82) is 0 Å². The molecule has 0 saturated carbocycles. The number of hydrogen-bond donors (Lipinski definition) is 2. The first kappa shape index (κ1) is 27.5. The van der Waals surface area contributed by atoms with Crippen molar-refractivity contribution in [3.05, 3.63) is 70.2 Å². The van der Waals surface area contributed by atoms with Crippen LogP contribution in [0.4, 0.5) is 8.78 Å². The monoisotopic (exact) mass is 461 g/mol. The van der Waals surface area contributed by atoms with Gasteiger partial charge in [-0.05, 0) is 64.5 Å². The first-order valence-electron chi connectivity index (χ1n) is 11.0. The van der Waals surface area contributed by atoms with Crippen LogP contribution in [-0.4, -0.2) is 18.8 Å². The summed E-state index contributed by atoms with van der Waals surface area (Å²) in [6.45, 7) is 13.5. The quantitative estimate of drug-likeness (QED) is 0.157. The van der Waals surface area contributed by atoms with Gasteiger partial charge in [-0.25, -0.2) is 13.8 Å². The molecule has 3 nitrogen and oxygen atoms in total. The van der Waals surface area contributed by atoms with Gasteiger partial charge in [0.1, 0.15) is 17.3 Å². The van der Waals surface area contributed by atoms with Crippen molar-refractivity contribution in [2.75, 3.05) is 13.1 Å². The zero-order chi connectivity index (χ0) is 23.9. The van der Waals surface area contributed by atoms with E-state index in [1.807, 2.05) is 33.0 Å². The second-order valence-electron chi connectivity index (χ2n) is 7.44.